The van der Waals surface area contributed by atoms with Crippen LogP contribution in [-0.2, 0) is 4.74 Å². The monoisotopic (exact) mass is 264 g/mol. The molecule has 1 aliphatic rings. The van der Waals surface area contributed by atoms with E-state index in [2.05, 4.69) is 0 Å². The highest BCUT2D eigenvalue weighted by atomic mass is 16.5. The summed E-state index contributed by atoms with van der Waals surface area (Å²) >= 11 is 0. The van der Waals surface area contributed by atoms with Gasteiger partial charge in [-0.25, -0.2) is 4.79 Å². The highest BCUT2D eigenvalue weighted by Crippen LogP contribution is 2.27. The predicted molar refractivity (Wildman–Crippen MR) is 71.8 cm³/mol. The second-order valence-electron chi connectivity index (χ2n) is 5.27. The van der Waals surface area contributed by atoms with Gasteiger partial charge in [-0.3, -0.25) is 0 Å². The Bertz CT molecular complexity index is 459. The van der Waals surface area contributed by atoms with Gasteiger partial charge in [0, 0.05) is 12.8 Å². The number of hydrogen-bond donors (Lipinski definition) is 1. The molecule has 0 aromatic heterocycles. The summed E-state index contributed by atoms with van der Waals surface area (Å²) in [6.07, 6.45) is 1.88. The van der Waals surface area contributed by atoms with Gasteiger partial charge in [0.15, 0.2) is 0 Å². The normalized spacial score (nSPS) is 27.0. The molecule has 1 N–H and O–H groups in total. The fraction of sp³-hybridized carbons (Fsp3) is 0.533. The minimum Gasteiger partial charge on any atom is -0.489 e. The number of aromatic carboxylic acids is 1. The van der Waals surface area contributed by atoms with E-state index in [1.165, 1.54) is 0 Å². The molecule has 0 radical (unpaired) electrons. The molecule has 4 nitrogen and oxygen atoms in total. The molecular weight excluding hydrogens is 244 g/mol. The highest BCUT2D eigenvalue weighted by molar-refractivity contribution is 5.91. The Morgan fingerprint density at radius 3 is 2.53 bits per heavy atom. The number of benzene rings is 1. The van der Waals surface area contributed by atoms with Crippen molar-refractivity contribution in [3.8, 4) is 5.75 Å². The minimum atomic E-state index is -0.952. The molecule has 2 unspecified atom stereocenters. The van der Waals surface area contributed by atoms with Crippen molar-refractivity contribution in [3.63, 3.8) is 0 Å². The summed E-state index contributed by atoms with van der Waals surface area (Å²) in [5.41, 5.74) is 1.14. The molecule has 0 amide bonds. The molecule has 104 valence electrons. The molecule has 0 saturated carbocycles. The second kappa shape index (κ2) is 5.61. The Hall–Kier alpha value is -1.55. The molecule has 2 atom stereocenters. The first kappa shape index (κ1) is 13.9. The van der Waals surface area contributed by atoms with Gasteiger partial charge in [0.25, 0.3) is 0 Å². The van der Waals surface area contributed by atoms with E-state index in [-0.39, 0.29) is 23.9 Å². The lowest BCUT2D eigenvalue weighted by molar-refractivity contribution is -0.0722. The van der Waals surface area contributed by atoms with Gasteiger partial charge in [-0.15, -0.1) is 0 Å². The van der Waals surface area contributed by atoms with Gasteiger partial charge < -0.3 is 14.6 Å². The predicted octanol–water partition coefficient (Wildman–Crippen LogP) is 3.03. The zero-order chi connectivity index (χ0) is 14.0. The molecule has 1 fully saturated rings. The minimum absolute atomic E-state index is 0.0135. The number of carboxylic acids is 1. The van der Waals surface area contributed by atoms with Crippen LogP contribution in [0.4, 0.5) is 0 Å². The van der Waals surface area contributed by atoms with E-state index in [1.54, 1.807) is 12.1 Å². The zero-order valence-electron chi connectivity index (χ0n) is 11.6. The molecular formula is C15H20O4. The van der Waals surface area contributed by atoms with Gasteiger partial charge in [0.2, 0.25) is 0 Å². The average molecular weight is 264 g/mol. The third kappa shape index (κ3) is 3.47. The Labute approximate surface area is 113 Å². The van der Waals surface area contributed by atoms with Crippen LogP contribution in [0.3, 0.4) is 0 Å². The number of carboxylic acid groups (broad SMARTS) is 1. The van der Waals surface area contributed by atoms with Crippen LogP contribution in [0.2, 0.25) is 0 Å². The van der Waals surface area contributed by atoms with E-state index in [9.17, 15) is 9.90 Å². The highest BCUT2D eigenvalue weighted by Gasteiger charge is 2.27. The smallest absolute Gasteiger partial charge is 0.339 e. The third-order valence-corrected chi connectivity index (χ3v) is 3.31. The topological polar surface area (TPSA) is 55.8 Å². The van der Waals surface area contributed by atoms with Gasteiger partial charge >= 0.3 is 5.97 Å². The Morgan fingerprint density at radius 1 is 1.32 bits per heavy atom. The van der Waals surface area contributed by atoms with Crippen LogP contribution in [0.15, 0.2) is 18.2 Å². The van der Waals surface area contributed by atoms with Gasteiger partial charge in [-0.1, -0.05) is 11.6 Å². The Kier molecular flexibility index (Phi) is 4.10. The standard InChI is InChI=1S/C15H20O4/c1-9-4-5-14(13(6-9)15(16)17)19-12-7-10(2)18-11(3)8-12/h4-6,10-12H,7-8H2,1-3H3,(H,16,17). The number of carbonyl (C=O) groups is 1. The lowest BCUT2D eigenvalue weighted by Gasteiger charge is -2.32. The van der Waals surface area contributed by atoms with Gasteiger partial charge in [0.1, 0.15) is 17.4 Å². The van der Waals surface area contributed by atoms with Gasteiger partial charge in [0.05, 0.1) is 12.2 Å². The van der Waals surface area contributed by atoms with E-state index >= 15 is 0 Å². The van der Waals surface area contributed by atoms with Gasteiger partial charge in [-0.2, -0.15) is 0 Å². The summed E-state index contributed by atoms with van der Waals surface area (Å²) in [7, 11) is 0. The van der Waals surface area contributed by atoms with E-state index in [0.717, 1.165) is 18.4 Å². The number of hydrogen-bond acceptors (Lipinski definition) is 3. The molecule has 0 spiro atoms. The molecule has 1 aliphatic heterocycles. The van der Waals surface area contributed by atoms with E-state index in [1.807, 2.05) is 26.8 Å². The summed E-state index contributed by atoms with van der Waals surface area (Å²) < 4.78 is 11.5. The molecule has 4 heteroatoms. The molecule has 19 heavy (non-hydrogen) atoms. The maximum atomic E-state index is 11.2. The first-order valence-electron chi connectivity index (χ1n) is 6.61. The van der Waals surface area contributed by atoms with Crippen LogP contribution in [0.1, 0.15) is 42.6 Å². The van der Waals surface area contributed by atoms with E-state index < -0.39 is 5.97 Å². The van der Waals surface area contributed by atoms with Crippen molar-refractivity contribution in [2.75, 3.05) is 0 Å². The molecule has 1 aromatic rings. The van der Waals surface area contributed by atoms with Crippen LogP contribution in [0.5, 0.6) is 5.75 Å². The van der Waals surface area contributed by atoms with Crippen LogP contribution >= 0.6 is 0 Å². The summed E-state index contributed by atoms with van der Waals surface area (Å²) in [5.74, 6) is -0.503. The molecule has 2 rings (SSSR count). The molecule has 1 saturated heterocycles. The van der Waals surface area contributed by atoms with Crippen molar-refractivity contribution in [1.82, 2.24) is 0 Å². The summed E-state index contributed by atoms with van der Waals surface area (Å²) in [4.78, 5) is 11.2. The van der Waals surface area contributed by atoms with Crippen molar-refractivity contribution in [2.45, 2.75) is 51.9 Å². The number of aryl methyl sites for hydroxylation is 1. The third-order valence-electron chi connectivity index (χ3n) is 3.31. The fourth-order valence-corrected chi connectivity index (χ4v) is 2.53. The van der Waals surface area contributed by atoms with Crippen LogP contribution in [0, 0.1) is 6.92 Å². The number of rotatable bonds is 3. The SMILES string of the molecule is Cc1ccc(OC2CC(C)OC(C)C2)c(C(=O)O)c1. The van der Waals surface area contributed by atoms with Crippen LogP contribution in [0.25, 0.3) is 0 Å². The molecule has 0 bridgehead atoms. The first-order chi connectivity index (χ1) is 8.95. The summed E-state index contributed by atoms with van der Waals surface area (Å²) in [6, 6.07) is 5.25. The largest absolute Gasteiger partial charge is 0.489 e. The first-order valence-corrected chi connectivity index (χ1v) is 6.61. The fourth-order valence-electron chi connectivity index (χ4n) is 2.53. The Morgan fingerprint density at radius 2 is 1.95 bits per heavy atom. The Balaban J connectivity index is 2.16. The number of ether oxygens (including phenoxy) is 2. The van der Waals surface area contributed by atoms with Gasteiger partial charge in [-0.05, 0) is 32.9 Å². The van der Waals surface area contributed by atoms with E-state index in [4.69, 9.17) is 9.47 Å². The van der Waals surface area contributed by atoms with Crippen molar-refractivity contribution in [1.29, 1.82) is 0 Å². The van der Waals surface area contributed by atoms with Crippen LogP contribution in [-0.4, -0.2) is 29.4 Å². The average Bonchev–Trinajstić information content (AvgIpc) is 2.30. The van der Waals surface area contributed by atoms with E-state index in [0.29, 0.717) is 5.75 Å². The lowest BCUT2D eigenvalue weighted by atomic mass is 10.0. The van der Waals surface area contributed by atoms with Crippen molar-refractivity contribution >= 4 is 5.97 Å². The molecule has 1 aromatic carbocycles. The summed E-state index contributed by atoms with van der Waals surface area (Å²) in [5, 5.41) is 9.22. The molecule has 0 aliphatic carbocycles. The second-order valence-corrected chi connectivity index (χ2v) is 5.27. The van der Waals surface area contributed by atoms with Crippen molar-refractivity contribution < 1.29 is 19.4 Å². The molecule has 1 heterocycles. The maximum absolute atomic E-state index is 11.2. The maximum Gasteiger partial charge on any atom is 0.339 e. The van der Waals surface area contributed by atoms with Crippen molar-refractivity contribution in [2.24, 2.45) is 0 Å². The van der Waals surface area contributed by atoms with Crippen molar-refractivity contribution in [3.05, 3.63) is 29.3 Å². The summed E-state index contributed by atoms with van der Waals surface area (Å²) in [6.45, 7) is 5.90. The zero-order valence-corrected chi connectivity index (χ0v) is 11.6. The lowest BCUT2D eigenvalue weighted by Crippen LogP contribution is -2.36. The van der Waals surface area contributed by atoms with Crippen LogP contribution < -0.4 is 4.74 Å². The quantitative estimate of drug-likeness (QED) is 0.911.